The molecule has 2 nitrogen and oxygen atoms in total. The van der Waals surface area contributed by atoms with E-state index in [-0.39, 0.29) is 16.6 Å². The fourth-order valence-electron chi connectivity index (χ4n) is 1.78. The van der Waals surface area contributed by atoms with Crippen LogP contribution in [0, 0.1) is 5.82 Å². The van der Waals surface area contributed by atoms with E-state index in [4.69, 9.17) is 16.7 Å². The Bertz CT molecular complexity index is 542. The molecule has 19 heavy (non-hydrogen) atoms. The van der Waals surface area contributed by atoms with Gasteiger partial charge < -0.3 is 10.4 Å². The third kappa shape index (κ3) is 4.23. The number of hydrogen-bond acceptors (Lipinski definition) is 2. The van der Waals surface area contributed by atoms with Crippen LogP contribution in [-0.2, 0) is 13.0 Å². The van der Waals surface area contributed by atoms with Crippen LogP contribution in [0.2, 0.25) is 5.02 Å². The quantitative estimate of drug-likeness (QED) is 0.821. The Labute approximate surface area is 116 Å². The van der Waals surface area contributed by atoms with Crippen molar-refractivity contribution in [1.82, 2.24) is 5.32 Å². The van der Waals surface area contributed by atoms with Crippen molar-refractivity contribution in [1.29, 1.82) is 0 Å². The van der Waals surface area contributed by atoms with Crippen molar-refractivity contribution in [3.63, 3.8) is 0 Å². The molecule has 0 aromatic heterocycles. The Morgan fingerprint density at radius 2 is 1.74 bits per heavy atom. The average molecular weight is 280 g/mol. The molecule has 0 spiro atoms. The van der Waals surface area contributed by atoms with Gasteiger partial charge in [0.2, 0.25) is 0 Å². The van der Waals surface area contributed by atoms with Crippen molar-refractivity contribution < 1.29 is 9.50 Å². The number of benzene rings is 2. The summed E-state index contributed by atoms with van der Waals surface area (Å²) in [6, 6.07) is 11.9. The topological polar surface area (TPSA) is 32.3 Å². The fraction of sp³-hybridized carbons (Fsp3) is 0.200. The molecule has 0 fully saturated rings. The molecular weight excluding hydrogens is 265 g/mol. The SMILES string of the molecule is Oc1ccc(CCNCc2ccc(Cl)c(F)c2)cc1. The molecule has 0 heterocycles. The maximum absolute atomic E-state index is 13.2. The third-order valence-electron chi connectivity index (χ3n) is 2.84. The molecule has 0 amide bonds. The van der Waals surface area contributed by atoms with Gasteiger partial charge in [-0.1, -0.05) is 29.8 Å². The minimum Gasteiger partial charge on any atom is -0.508 e. The van der Waals surface area contributed by atoms with Crippen LogP contribution < -0.4 is 5.32 Å². The van der Waals surface area contributed by atoms with Gasteiger partial charge in [0.05, 0.1) is 5.02 Å². The van der Waals surface area contributed by atoms with Gasteiger partial charge in [0, 0.05) is 6.54 Å². The molecular formula is C15H15ClFNO. The number of aromatic hydroxyl groups is 1. The predicted octanol–water partition coefficient (Wildman–Crippen LogP) is 3.52. The lowest BCUT2D eigenvalue weighted by Gasteiger charge is -2.06. The van der Waals surface area contributed by atoms with Crippen LogP contribution in [0.3, 0.4) is 0 Å². The zero-order valence-electron chi connectivity index (χ0n) is 10.4. The minimum atomic E-state index is -0.389. The third-order valence-corrected chi connectivity index (χ3v) is 3.15. The molecule has 2 aromatic carbocycles. The van der Waals surface area contributed by atoms with E-state index in [1.807, 2.05) is 12.1 Å². The summed E-state index contributed by atoms with van der Waals surface area (Å²) in [6.07, 6.45) is 0.857. The standard InChI is InChI=1S/C15H15ClFNO/c16-14-6-3-12(9-15(14)17)10-18-8-7-11-1-4-13(19)5-2-11/h1-6,9,18-19H,7-8,10H2. The van der Waals surface area contributed by atoms with Crippen LogP contribution in [0.4, 0.5) is 4.39 Å². The number of halogens is 2. The first-order valence-corrected chi connectivity index (χ1v) is 6.45. The highest BCUT2D eigenvalue weighted by atomic mass is 35.5. The van der Waals surface area contributed by atoms with Crippen molar-refractivity contribution in [3.05, 3.63) is 64.4 Å². The van der Waals surface area contributed by atoms with E-state index in [0.717, 1.165) is 24.1 Å². The second-order valence-electron chi connectivity index (χ2n) is 4.34. The second-order valence-corrected chi connectivity index (χ2v) is 4.75. The molecule has 2 N–H and O–H groups in total. The molecule has 0 atom stereocenters. The van der Waals surface area contributed by atoms with E-state index >= 15 is 0 Å². The lowest BCUT2D eigenvalue weighted by atomic mass is 10.1. The Balaban J connectivity index is 1.77. The molecule has 0 radical (unpaired) electrons. The monoisotopic (exact) mass is 279 g/mol. The van der Waals surface area contributed by atoms with E-state index in [1.54, 1.807) is 24.3 Å². The van der Waals surface area contributed by atoms with E-state index < -0.39 is 0 Å². The normalized spacial score (nSPS) is 10.6. The van der Waals surface area contributed by atoms with Gasteiger partial charge in [-0.05, 0) is 48.4 Å². The van der Waals surface area contributed by atoms with Crippen LogP contribution in [-0.4, -0.2) is 11.7 Å². The molecule has 0 saturated heterocycles. The van der Waals surface area contributed by atoms with Gasteiger partial charge in [0.15, 0.2) is 0 Å². The van der Waals surface area contributed by atoms with Crippen molar-refractivity contribution in [2.24, 2.45) is 0 Å². The van der Waals surface area contributed by atoms with E-state index in [1.165, 1.54) is 6.07 Å². The van der Waals surface area contributed by atoms with E-state index in [0.29, 0.717) is 6.54 Å². The number of phenols is 1. The first-order chi connectivity index (χ1) is 9.15. The largest absolute Gasteiger partial charge is 0.508 e. The Hall–Kier alpha value is -1.58. The molecule has 0 unspecified atom stereocenters. The van der Waals surface area contributed by atoms with Crippen molar-refractivity contribution in [2.45, 2.75) is 13.0 Å². The molecule has 0 aliphatic rings. The van der Waals surface area contributed by atoms with E-state index in [2.05, 4.69) is 5.32 Å². The maximum atomic E-state index is 13.2. The summed E-state index contributed by atoms with van der Waals surface area (Å²) < 4.78 is 13.2. The first kappa shape index (κ1) is 13.8. The average Bonchev–Trinajstić information content (AvgIpc) is 2.41. The van der Waals surface area contributed by atoms with Crippen LogP contribution in [0.25, 0.3) is 0 Å². The minimum absolute atomic E-state index is 0.146. The number of nitrogens with one attached hydrogen (secondary N) is 1. The van der Waals surface area contributed by atoms with Gasteiger partial charge in [-0.3, -0.25) is 0 Å². The molecule has 0 aliphatic heterocycles. The van der Waals surface area contributed by atoms with Crippen LogP contribution >= 0.6 is 11.6 Å². The van der Waals surface area contributed by atoms with Gasteiger partial charge in [-0.15, -0.1) is 0 Å². The van der Waals surface area contributed by atoms with Crippen molar-refractivity contribution >= 4 is 11.6 Å². The number of hydrogen-bond donors (Lipinski definition) is 2. The lowest BCUT2D eigenvalue weighted by molar-refractivity contribution is 0.475. The summed E-state index contributed by atoms with van der Waals surface area (Å²) in [5.74, 6) is -0.118. The predicted molar refractivity (Wildman–Crippen MR) is 74.9 cm³/mol. The van der Waals surface area contributed by atoms with Gasteiger partial charge in [-0.2, -0.15) is 0 Å². The highest BCUT2D eigenvalue weighted by Crippen LogP contribution is 2.15. The summed E-state index contributed by atoms with van der Waals surface area (Å²) in [7, 11) is 0. The summed E-state index contributed by atoms with van der Waals surface area (Å²) in [5.41, 5.74) is 2.01. The summed E-state index contributed by atoms with van der Waals surface area (Å²) in [5, 5.41) is 12.5. The number of phenolic OH excluding ortho intramolecular Hbond substituents is 1. The molecule has 4 heteroatoms. The second kappa shape index (κ2) is 6.55. The zero-order chi connectivity index (χ0) is 13.7. The lowest BCUT2D eigenvalue weighted by Crippen LogP contribution is -2.16. The van der Waals surface area contributed by atoms with Gasteiger partial charge in [-0.25, -0.2) is 4.39 Å². The van der Waals surface area contributed by atoms with Crippen LogP contribution in [0.5, 0.6) is 5.75 Å². The Morgan fingerprint density at radius 3 is 2.42 bits per heavy atom. The number of rotatable bonds is 5. The van der Waals surface area contributed by atoms with Crippen molar-refractivity contribution in [2.75, 3.05) is 6.54 Å². The molecule has 0 saturated carbocycles. The highest BCUT2D eigenvalue weighted by molar-refractivity contribution is 6.30. The van der Waals surface area contributed by atoms with Gasteiger partial charge in [0.1, 0.15) is 11.6 Å². The zero-order valence-corrected chi connectivity index (χ0v) is 11.1. The molecule has 2 rings (SSSR count). The van der Waals surface area contributed by atoms with E-state index in [9.17, 15) is 4.39 Å². The summed E-state index contributed by atoms with van der Waals surface area (Å²) in [4.78, 5) is 0. The van der Waals surface area contributed by atoms with Crippen LogP contribution in [0.15, 0.2) is 42.5 Å². The van der Waals surface area contributed by atoms with Gasteiger partial charge >= 0.3 is 0 Å². The Morgan fingerprint density at radius 1 is 1.05 bits per heavy atom. The first-order valence-electron chi connectivity index (χ1n) is 6.08. The summed E-state index contributed by atoms with van der Waals surface area (Å²) >= 11 is 5.62. The van der Waals surface area contributed by atoms with Crippen molar-refractivity contribution in [3.8, 4) is 5.75 Å². The van der Waals surface area contributed by atoms with Gasteiger partial charge in [0.25, 0.3) is 0 Å². The van der Waals surface area contributed by atoms with Crippen LogP contribution in [0.1, 0.15) is 11.1 Å². The molecule has 2 aromatic rings. The molecule has 100 valence electrons. The molecule has 0 aliphatic carbocycles. The highest BCUT2D eigenvalue weighted by Gasteiger charge is 2.00. The smallest absolute Gasteiger partial charge is 0.142 e. The maximum Gasteiger partial charge on any atom is 0.142 e. The fourth-order valence-corrected chi connectivity index (χ4v) is 1.90. The molecule has 0 bridgehead atoms. The summed E-state index contributed by atoms with van der Waals surface area (Å²) in [6.45, 7) is 1.39. The Kier molecular flexibility index (Phi) is 4.77.